The third-order valence-corrected chi connectivity index (χ3v) is 11.2. The first-order valence-corrected chi connectivity index (χ1v) is 25.2. The molecule has 0 fully saturated rings. The minimum absolute atomic E-state index is 0.142. The number of carboxylic acids is 1. The maximum Gasteiger partial charge on any atom is 0.573 e. The zero-order valence-electron chi connectivity index (χ0n) is 43.9. The number of amides is 3. The summed E-state index contributed by atoms with van der Waals surface area (Å²) in [5.74, 6) is -3.36. The summed E-state index contributed by atoms with van der Waals surface area (Å²) in [5.41, 5.74) is 7.51. The number of nitrogens with one attached hydrogen (secondary N) is 3. The molecule has 0 saturated carbocycles. The number of aryl methyl sites for hydroxylation is 4. The Hall–Kier alpha value is -10.1. The molecule has 2 aromatic carbocycles. The lowest BCUT2D eigenvalue weighted by molar-refractivity contribution is -0.275. The number of nitrogens with zero attached hydrogens (tertiary/aromatic N) is 10. The molecule has 0 spiro atoms. The van der Waals surface area contributed by atoms with E-state index < -0.39 is 42.0 Å². The van der Waals surface area contributed by atoms with Gasteiger partial charge >= 0.3 is 18.7 Å². The first-order valence-electron chi connectivity index (χ1n) is 25.2. The molecule has 8 aromatic rings. The number of benzene rings is 2. The number of anilines is 2. The Kier molecular flexibility index (Phi) is 22.8. The molecule has 23 nitrogen and oxygen atoms in total. The van der Waals surface area contributed by atoms with Gasteiger partial charge < -0.3 is 45.4 Å². The van der Waals surface area contributed by atoms with Crippen LogP contribution in [0.3, 0.4) is 0 Å². The summed E-state index contributed by atoms with van der Waals surface area (Å²) in [6, 6.07) is 27.0. The van der Waals surface area contributed by atoms with Crippen molar-refractivity contribution in [1.29, 1.82) is 0 Å². The van der Waals surface area contributed by atoms with Crippen LogP contribution in [0.5, 0.6) is 11.5 Å². The summed E-state index contributed by atoms with van der Waals surface area (Å²) < 4.78 is 87.9. The molecule has 3 amide bonds. The molecular formula is C54H54F6N14O9. The van der Waals surface area contributed by atoms with Crippen molar-refractivity contribution < 1.29 is 60.1 Å². The molecule has 83 heavy (non-hydrogen) atoms. The maximum absolute atomic E-state index is 12.5. The van der Waals surface area contributed by atoms with Crippen molar-refractivity contribution in [3.05, 3.63) is 201 Å². The number of unbranched alkanes of at least 4 members (excludes halogenated alkanes) is 2. The lowest BCUT2D eigenvalue weighted by Crippen LogP contribution is -2.23. The zero-order valence-corrected chi connectivity index (χ0v) is 43.9. The fourth-order valence-corrected chi connectivity index (χ4v) is 7.44. The molecule has 8 rings (SSSR count). The fraction of sp³-hybridized carbons (Fsp3) is 0.259. The van der Waals surface area contributed by atoms with Gasteiger partial charge in [0.25, 0.3) is 17.0 Å². The number of carbonyl (C=O) groups is 4. The topological polar surface area (TPSA) is 300 Å². The highest BCUT2D eigenvalue weighted by atomic mass is 19.4. The van der Waals surface area contributed by atoms with Crippen LogP contribution in [0.1, 0.15) is 69.2 Å². The quantitative estimate of drug-likeness (QED) is 0.0334. The van der Waals surface area contributed by atoms with Gasteiger partial charge in [0.05, 0.1) is 43.2 Å². The summed E-state index contributed by atoms with van der Waals surface area (Å²) in [4.78, 5) is 80.5. The molecule has 0 aliphatic heterocycles. The van der Waals surface area contributed by atoms with E-state index in [4.69, 9.17) is 10.8 Å². The fourth-order valence-electron chi connectivity index (χ4n) is 7.44. The van der Waals surface area contributed by atoms with Crippen LogP contribution in [0.4, 0.5) is 37.7 Å². The largest absolute Gasteiger partial charge is 0.573 e. The lowest BCUT2D eigenvalue weighted by Gasteiger charge is -2.11. The number of rotatable bonds is 23. The molecule has 6 N–H and O–H groups in total. The Bertz CT molecular complexity index is 3520. The van der Waals surface area contributed by atoms with E-state index in [0.29, 0.717) is 69.5 Å². The van der Waals surface area contributed by atoms with E-state index in [0.717, 1.165) is 35.7 Å². The van der Waals surface area contributed by atoms with Gasteiger partial charge in [0.15, 0.2) is 11.4 Å². The monoisotopic (exact) mass is 1160 g/mol. The van der Waals surface area contributed by atoms with Gasteiger partial charge in [-0.25, -0.2) is 4.79 Å². The molecule has 6 aromatic heterocycles. The second kappa shape index (κ2) is 30.5. The predicted molar refractivity (Wildman–Crippen MR) is 285 cm³/mol. The van der Waals surface area contributed by atoms with E-state index in [1.54, 1.807) is 53.7 Å². The number of ether oxygens (including phenoxy) is 2. The van der Waals surface area contributed by atoms with Crippen LogP contribution >= 0.6 is 0 Å². The first kappa shape index (κ1) is 62.1. The Labute approximate surface area is 467 Å². The lowest BCUT2D eigenvalue weighted by atomic mass is 10.1. The maximum atomic E-state index is 12.5. The molecule has 29 heteroatoms. The third-order valence-electron chi connectivity index (χ3n) is 11.2. The average Bonchev–Trinajstić information content (AvgIpc) is 4.23. The number of aromatic nitrogens is 10. The number of hydrogen-bond donors (Lipinski definition) is 5. The van der Waals surface area contributed by atoms with Crippen LogP contribution in [0.15, 0.2) is 156 Å². The first-order chi connectivity index (χ1) is 39.7. The van der Waals surface area contributed by atoms with Gasteiger partial charge in [-0.2, -0.15) is 0 Å². The Morgan fingerprint density at radius 3 is 1.43 bits per heavy atom. The molecule has 0 bridgehead atoms. The van der Waals surface area contributed by atoms with Crippen molar-refractivity contribution in [3.8, 4) is 11.5 Å². The number of pyridine rings is 4. The van der Waals surface area contributed by atoms with Gasteiger partial charge in [0.1, 0.15) is 11.5 Å². The van der Waals surface area contributed by atoms with Crippen molar-refractivity contribution >= 4 is 35.1 Å². The van der Waals surface area contributed by atoms with E-state index in [9.17, 15) is 55.1 Å². The highest BCUT2D eigenvalue weighted by molar-refractivity contribution is 5.93. The summed E-state index contributed by atoms with van der Waals surface area (Å²) >= 11 is 0. The molecule has 6 heterocycles. The molecule has 0 atom stereocenters. The Morgan fingerprint density at radius 1 is 0.566 bits per heavy atom. The minimum atomic E-state index is -4.83. The van der Waals surface area contributed by atoms with Crippen LogP contribution in [-0.2, 0) is 61.7 Å². The van der Waals surface area contributed by atoms with Gasteiger partial charge in [0, 0.05) is 81.0 Å². The van der Waals surface area contributed by atoms with Crippen LogP contribution in [0.25, 0.3) is 0 Å². The standard InChI is InChI=1S/C27H26F3N7O4.C21H20F3N5O5.C6H8N2/c28-27(29,30)41-22-8-5-6-19(14-22)15-24(38)33-20-9-13-36(25(39)16-20)11-3-4-12-37-18-23(34-35-37)26(40)32-17-21-7-1-2-10-31-21;22-21(23,24)34-16-5-3-4-14(10-16)11-18(30)25-15-6-9-28(19(31)12-15)7-1-2-8-29-13-17(20(32)33)26-27-29;7-5-6-3-1-2-4-8-6/h1-2,5-10,13-14,16,18H,3-4,11-12,15,17H2,(H,32,40)(H,33,38);3-6,9-10,12-13H,1-2,7-8,11H2,(H,25,30)(H,32,33);1-4H,5,7H2. The number of halogens is 6. The summed E-state index contributed by atoms with van der Waals surface area (Å²) in [6.07, 6.45) is 1.82. The molecule has 0 aliphatic carbocycles. The van der Waals surface area contributed by atoms with E-state index >= 15 is 0 Å². The van der Waals surface area contributed by atoms with Crippen molar-refractivity contribution in [2.24, 2.45) is 5.73 Å². The number of aromatic carboxylic acids is 1. The van der Waals surface area contributed by atoms with E-state index in [1.807, 2.05) is 24.3 Å². The van der Waals surface area contributed by atoms with Crippen molar-refractivity contribution in [3.63, 3.8) is 0 Å². The summed E-state index contributed by atoms with van der Waals surface area (Å²) in [6.45, 7) is 2.57. The molecular weight excluding hydrogens is 1100 g/mol. The van der Waals surface area contributed by atoms with Gasteiger partial charge in [-0.3, -0.25) is 43.3 Å². The molecule has 0 aliphatic rings. The Balaban J connectivity index is 0.000000237. The highest BCUT2D eigenvalue weighted by Crippen LogP contribution is 2.25. The number of nitrogens with two attached hydrogens (primary N) is 1. The van der Waals surface area contributed by atoms with Crippen LogP contribution in [0.2, 0.25) is 0 Å². The minimum Gasteiger partial charge on any atom is -0.476 e. The normalized spacial score (nSPS) is 11.0. The second-order valence-electron chi connectivity index (χ2n) is 17.7. The van der Waals surface area contributed by atoms with E-state index in [2.05, 4.69) is 56.0 Å². The van der Waals surface area contributed by atoms with Crippen LogP contribution in [-0.4, -0.2) is 90.6 Å². The molecule has 0 saturated heterocycles. The smallest absolute Gasteiger partial charge is 0.476 e. The highest BCUT2D eigenvalue weighted by Gasteiger charge is 2.32. The van der Waals surface area contributed by atoms with Crippen LogP contribution in [0, 0.1) is 0 Å². The molecule has 0 unspecified atom stereocenters. The summed E-state index contributed by atoms with van der Waals surface area (Å²) in [7, 11) is 0. The number of alkyl halides is 6. The average molecular weight is 1160 g/mol. The number of hydrogen-bond acceptors (Lipinski definition) is 15. The Morgan fingerprint density at radius 2 is 1.02 bits per heavy atom. The van der Waals surface area contributed by atoms with Gasteiger partial charge in [-0.05, 0) is 97.5 Å². The molecule has 0 radical (unpaired) electrons. The number of carbonyl (C=O) groups excluding carboxylic acids is 3. The second-order valence-corrected chi connectivity index (χ2v) is 17.7. The number of carboxylic acid groups (broad SMARTS) is 1. The van der Waals surface area contributed by atoms with Crippen LogP contribution < -0.4 is 42.3 Å². The van der Waals surface area contributed by atoms with Gasteiger partial charge in [-0.1, -0.05) is 46.8 Å². The van der Waals surface area contributed by atoms with Gasteiger partial charge in [0.2, 0.25) is 11.8 Å². The van der Waals surface area contributed by atoms with E-state index in [1.165, 1.54) is 62.6 Å². The molecule has 436 valence electrons. The predicted octanol–water partition coefficient (Wildman–Crippen LogP) is 6.56. The third kappa shape index (κ3) is 22.5. The SMILES string of the molecule is NCc1ccccn1.O=C(Cc1cccc(OC(F)(F)F)c1)Nc1ccn(CCCCn2cc(C(=O)NCc3ccccn3)nn2)c(=O)c1.O=C(Cc1cccc(OC(F)(F)F)c1)Nc1ccn(CCCCn2cc(C(=O)O)nn2)c(=O)c1. The van der Waals surface area contributed by atoms with E-state index in [-0.39, 0.29) is 59.2 Å². The summed E-state index contributed by atoms with van der Waals surface area (Å²) in [5, 5.41) is 31.8. The van der Waals surface area contributed by atoms with Crippen molar-refractivity contribution in [1.82, 2.24) is 54.4 Å². The van der Waals surface area contributed by atoms with Gasteiger partial charge in [-0.15, -0.1) is 36.5 Å². The van der Waals surface area contributed by atoms with Crippen molar-refractivity contribution in [2.45, 2.75) is 90.5 Å². The zero-order chi connectivity index (χ0) is 59.8. The van der Waals surface area contributed by atoms with Crippen molar-refractivity contribution in [2.75, 3.05) is 10.6 Å².